The topological polar surface area (TPSA) is 144 Å². The van der Waals surface area contributed by atoms with Gasteiger partial charge in [-0.15, -0.1) is 0 Å². The quantitative estimate of drug-likeness (QED) is 0.251. The summed E-state index contributed by atoms with van der Waals surface area (Å²) in [6, 6.07) is 18.9. The van der Waals surface area contributed by atoms with E-state index >= 15 is 0 Å². The lowest BCUT2D eigenvalue weighted by Crippen LogP contribution is -2.41. The zero-order chi connectivity index (χ0) is 24.7. The molecule has 1 saturated carbocycles. The molecule has 0 bridgehead atoms. The predicted octanol–water partition coefficient (Wildman–Crippen LogP) is 3.32. The Morgan fingerprint density at radius 3 is 2.31 bits per heavy atom. The number of nitrogens with two attached hydrogens (primary N) is 2. The van der Waals surface area contributed by atoms with Crippen LogP contribution in [-0.2, 0) is 10.0 Å². The summed E-state index contributed by atoms with van der Waals surface area (Å²) in [5, 5.41) is 13.1. The molecule has 6 N–H and O–H groups in total. The van der Waals surface area contributed by atoms with Crippen LogP contribution in [0.25, 0.3) is 21.7 Å². The van der Waals surface area contributed by atoms with E-state index in [2.05, 4.69) is 5.32 Å². The molecule has 1 amide bonds. The van der Waals surface area contributed by atoms with E-state index in [1.807, 2.05) is 24.3 Å². The van der Waals surface area contributed by atoms with Crippen LogP contribution in [0.5, 0.6) is 0 Å². The summed E-state index contributed by atoms with van der Waals surface area (Å²) in [5.41, 5.74) is 12.3. The number of nitrogen functional groups attached to an aromatic ring is 1. The van der Waals surface area contributed by atoms with Crippen molar-refractivity contribution in [2.75, 3.05) is 0 Å². The molecule has 1 heterocycles. The minimum atomic E-state index is -4.16. The number of carbonyl (C=O) groups is 1. The van der Waals surface area contributed by atoms with Crippen LogP contribution in [0.2, 0.25) is 0 Å². The Hall–Kier alpha value is -3.69. The van der Waals surface area contributed by atoms with E-state index in [-0.39, 0.29) is 28.5 Å². The number of hydrogen-bond acceptors (Lipinski definition) is 5. The fraction of sp³-hybridized carbons (Fsp3) is 0.231. The summed E-state index contributed by atoms with van der Waals surface area (Å²) in [5.74, 6) is -0.650. The fourth-order valence-electron chi connectivity index (χ4n) is 4.72. The van der Waals surface area contributed by atoms with Gasteiger partial charge in [-0.1, -0.05) is 42.5 Å². The average molecular weight is 490 g/mol. The van der Waals surface area contributed by atoms with Crippen molar-refractivity contribution in [2.24, 2.45) is 11.5 Å². The fourth-order valence-corrected chi connectivity index (χ4v) is 6.26. The molecule has 4 aromatic rings. The second kappa shape index (κ2) is 8.83. The third kappa shape index (κ3) is 4.28. The lowest BCUT2D eigenvalue weighted by atomic mass is 9.92. The van der Waals surface area contributed by atoms with Crippen LogP contribution in [0.3, 0.4) is 0 Å². The molecular formula is C26H27N5O3S. The van der Waals surface area contributed by atoms with Crippen LogP contribution in [0.1, 0.15) is 41.7 Å². The molecule has 3 aromatic carbocycles. The maximum absolute atomic E-state index is 14.0. The zero-order valence-corrected chi connectivity index (χ0v) is 19.9. The van der Waals surface area contributed by atoms with Gasteiger partial charge in [0.15, 0.2) is 0 Å². The number of hydrogen-bond donors (Lipinski definition) is 4. The highest BCUT2D eigenvalue weighted by Crippen LogP contribution is 2.29. The van der Waals surface area contributed by atoms with Crippen molar-refractivity contribution in [2.45, 2.75) is 42.7 Å². The SMILES string of the molecule is N=C(N)c1ccc2cc(C(=O)N[C@H]3CC[C@H](N)CC3)n(S(=O)(=O)c3ccc4ccccc4c3)c2c1. The van der Waals surface area contributed by atoms with Crippen LogP contribution < -0.4 is 16.8 Å². The molecule has 0 radical (unpaired) electrons. The smallest absolute Gasteiger partial charge is 0.269 e. The van der Waals surface area contributed by atoms with Crippen LogP contribution in [0.4, 0.5) is 0 Å². The lowest BCUT2D eigenvalue weighted by Gasteiger charge is -2.27. The minimum absolute atomic E-state index is 0.0173. The van der Waals surface area contributed by atoms with Crippen molar-refractivity contribution in [1.29, 1.82) is 5.41 Å². The molecule has 0 unspecified atom stereocenters. The first-order chi connectivity index (χ1) is 16.7. The Kier molecular flexibility index (Phi) is 5.82. The van der Waals surface area contributed by atoms with Crippen molar-refractivity contribution in [3.8, 4) is 0 Å². The zero-order valence-electron chi connectivity index (χ0n) is 19.1. The molecule has 0 spiro atoms. The molecule has 35 heavy (non-hydrogen) atoms. The second-order valence-electron chi connectivity index (χ2n) is 9.08. The van der Waals surface area contributed by atoms with E-state index in [4.69, 9.17) is 16.9 Å². The van der Waals surface area contributed by atoms with E-state index in [1.165, 1.54) is 6.07 Å². The van der Waals surface area contributed by atoms with Gasteiger partial charge in [0.2, 0.25) is 0 Å². The van der Waals surface area contributed by atoms with E-state index in [0.29, 0.717) is 16.5 Å². The van der Waals surface area contributed by atoms with Gasteiger partial charge in [-0.3, -0.25) is 10.2 Å². The van der Waals surface area contributed by atoms with Gasteiger partial charge < -0.3 is 16.8 Å². The number of nitrogens with zero attached hydrogens (tertiary/aromatic N) is 1. The molecule has 1 aliphatic rings. The van der Waals surface area contributed by atoms with Crippen molar-refractivity contribution in [3.63, 3.8) is 0 Å². The third-order valence-corrected chi connectivity index (χ3v) is 8.39. The van der Waals surface area contributed by atoms with Crippen LogP contribution in [-0.4, -0.2) is 36.2 Å². The maximum atomic E-state index is 14.0. The maximum Gasteiger partial charge on any atom is 0.269 e. The van der Waals surface area contributed by atoms with Gasteiger partial charge in [0.05, 0.1) is 10.4 Å². The number of fused-ring (bicyclic) bond motifs is 2. The Balaban J connectivity index is 1.65. The molecule has 0 aliphatic heterocycles. The van der Waals surface area contributed by atoms with Gasteiger partial charge in [0.25, 0.3) is 15.9 Å². The third-order valence-electron chi connectivity index (χ3n) is 6.67. The van der Waals surface area contributed by atoms with E-state index < -0.39 is 15.9 Å². The Bertz CT molecular complexity index is 1570. The number of nitrogens with one attached hydrogen (secondary N) is 2. The van der Waals surface area contributed by atoms with Crippen molar-refractivity contribution >= 4 is 43.4 Å². The summed E-state index contributed by atoms with van der Waals surface area (Å²) in [6.07, 6.45) is 3.12. The molecule has 1 fully saturated rings. The Morgan fingerprint density at radius 2 is 1.60 bits per heavy atom. The van der Waals surface area contributed by atoms with Crippen LogP contribution in [0.15, 0.2) is 71.6 Å². The lowest BCUT2D eigenvalue weighted by molar-refractivity contribution is 0.0920. The van der Waals surface area contributed by atoms with Gasteiger partial charge in [-0.2, -0.15) is 0 Å². The first kappa shape index (κ1) is 23.1. The molecule has 0 atom stereocenters. The Morgan fingerprint density at radius 1 is 0.914 bits per heavy atom. The summed E-state index contributed by atoms with van der Waals surface area (Å²) >= 11 is 0. The number of aromatic nitrogens is 1. The van der Waals surface area contributed by atoms with Gasteiger partial charge >= 0.3 is 0 Å². The first-order valence-electron chi connectivity index (χ1n) is 11.5. The Labute approximate surface area is 203 Å². The molecule has 180 valence electrons. The summed E-state index contributed by atoms with van der Waals surface area (Å²) in [7, 11) is -4.16. The normalized spacial score (nSPS) is 18.5. The molecule has 8 nitrogen and oxygen atoms in total. The standard InChI is InChI=1S/C26H27N5O3S/c27-20-8-10-21(11-9-20)30-26(32)24-14-18-5-6-19(25(28)29)15-23(18)31(24)35(33,34)22-12-7-16-3-1-2-4-17(16)13-22/h1-7,12-15,20-21H,8-11,27H2,(H3,28,29)(H,30,32)/t20-,21-. The molecule has 9 heteroatoms. The number of amides is 1. The average Bonchev–Trinajstić information content (AvgIpc) is 3.25. The molecule has 1 aliphatic carbocycles. The number of benzene rings is 3. The van der Waals surface area contributed by atoms with Crippen LogP contribution >= 0.6 is 0 Å². The number of carbonyl (C=O) groups excluding carboxylic acids is 1. The molecular weight excluding hydrogens is 462 g/mol. The summed E-state index contributed by atoms with van der Waals surface area (Å²) < 4.78 is 29.0. The van der Waals surface area contributed by atoms with Gasteiger partial charge in [-0.05, 0) is 60.7 Å². The monoisotopic (exact) mass is 489 g/mol. The molecule has 0 saturated heterocycles. The van der Waals surface area contributed by atoms with Crippen molar-refractivity contribution in [3.05, 3.63) is 78.0 Å². The largest absolute Gasteiger partial charge is 0.384 e. The highest BCUT2D eigenvalue weighted by molar-refractivity contribution is 7.90. The van der Waals surface area contributed by atoms with E-state index in [9.17, 15) is 13.2 Å². The van der Waals surface area contributed by atoms with Gasteiger partial charge in [-0.25, -0.2) is 12.4 Å². The van der Waals surface area contributed by atoms with Crippen LogP contribution in [0, 0.1) is 5.41 Å². The van der Waals surface area contributed by atoms with E-state index in [0.717, 1.165) is 40.4 Å². The predicted molar refractivity (Wildman–Crippen MR) is 137 cm³/mol. The van der Waals surface area contributed by atoms with E-state index in [1.54, 1.807) is 36.4 Å². The second-order valence-corrected chi connectivity index (χ2v) is 10.9. The highest BCUT2D eigenvalue weighted by atomic mass is 32.2. The highest BCUT2D eigenvalue weighted by Gasteiger charge is 2.29. The van der Waals surface area contributed by atoms with Gasteiger partial charge in [0, 0.05) is 23.0 Å². The number of rotatable bonds is 5. The molecule has 5 rings (SSSR count). The van der Waals surface area contributed by atoms with Crippen molar-refractivity contribution < 1.29 is 13.2 Å². The minimum Gasteiger partial charge on any atom is -0.384 e. The first-order valence-corrected chi connectivity index (χ1v) is 13.0. The number of amidine groups is 1. The summed E-state index contributed by atoms with van der Waals surface area (Å²) in [4.78, 5) is 13.5. The van der Waals surface area contributed by atoms with Crippen molar-refractivity contribution in [1.82, 2.24) is 9.29 Å². The summed E-state index contributed by atoms with van der Waals surface area (Å²) in [6.45, 7) is 0. The van der Waals surface area contributed by atoms with Gasteiger partial charge in [0.1, 0.15) is 11.5 Å². The molecule has 1 aromatic heterocycles.